The third-order valence-corrected chi connectivity index (χ3v) is 7.56. The molecular weight excluding hydrogens is 544 g/mol. The van der Waals surface area contributed by atoms with Gasteiger partial charge in [0.15, 0.2) is 22.9 Å². The van der Waals surface area contributed by atoms with Gasteiger partial charge in [0.1, 0.15) is 0 Å². The highest BCUT2D eigenvalue weighted by atomic mass is 32.1. The summed E-state index contributed by atoms with van der Waals surface area (Å²) in [7, 11) is 1.29. The minimum atomic E-state index is -0.679. The number of methoxy groups -OCH3 is 1. The Morgan fingerprint density at radius 2 is 1.78 bits per heavy atom. The molecule has 0 aliphatic carbocycles. The number of nitrogens with zero attached hydrogens (tertiary/aromatic N) is 2. The summed E-state index contributed by atoms with van der Waals surface area (Å²) in [6.07, 6.45) is 1.75. The summed E-state index contributed by atoms with van der Waals surface area (Å²) in [6.45, 7) is 9.91. The van der Waals surface area contributed by atoms with Gasteiger partial charge < -0.3 is 18.9 Å². The molecule has 0 radical (unpaired) electrons. The molecule has 4 rings (SSSR count). The van der Waals surface area contributed by atoms with E-state index in [2.05, 4.69) is 23.6 Å². The van der Waals surface area contributed by atoms with E-state index in [-0.39, 0.29) is 18.8 Å². The van der Waals surface area contributed by atoms with Crippen LogP contribution in [0.3, 0.4) is 0 Å². The van der Waals surface area contributed by atoms with Gasteiger partial charge in [-0.1, -0.05) is 55.5 Å². The zero-order valence-corrected chi connectivity index (χ0v) is 24.9. The van der Waals surface area contributed by atoms with Crippen molar-refractivity contribution in [1.29, 1.82) is 0 Å². The van der Waals surface area contributed by atoms with Crippen LogP contribution >= 0.6 is 11.3 Å². The molecule has 1 unspecified atom stereocenters. The molecule has 0 bridgehead atoms. The lowest BCUT2D eigenvalue weighted by Gasteiger charge is -2.25. The van der Waals surface area contributed by atoms with Gasteiger partial charge in [0.05, 0.1) is 42.2 Å². The molecular formula is C31H34N2O7S. The lowest BCUT2D eigenvalue weighted by molar-refractivity contribution is -0.143. The molecule has 0 fully saturated rings. The number of carbonyl (C=O) groups is 2. The number of esters is 2. The number of hydrogen-bond acceptors (Lipinski definition) is 9. The highest BCUT2D eigenvalue weighted by Gasteiger charge is 2.33. The van der Waals surface area contributed by atoms with Gasteiger partial charge in [0.25, 0.3) is 5.56 Å². The molecule has 1 atom stereocenters. The highest BCUT2D eigenvalue weighted by molar-refractivity contribution is 7.07. The van der Waals surface area contributed by atoms with Crippen molar-refractivity contribution in [1.82, 2.24) is 4.57 Å². The minimum Gasteiger partial charge on any atom is -0.490 e. The summed E-state index contributed by atoms with van der Waals surface area (Å²) in [4.78, 5) is 43.7. The molecule has 10 heteroatoms. The second-order valence-electron chi connectivity index (χ2n) is 9.63. The van der Waals surface area contributed by atoms with Crippen molar-refractivity contribution in [2.75, 3.05) is 26.9 Å². The van der Waals surface area contributed by atoms with Crippen LogP contribution in [0.4, 0.5) is 0 Å². The maximum atomic E-state index is 13.9. The third-order valence-electron chi connectivity index (χ3n) is 6.57. The summed E-state index contributed by atoms with van der Waals surface area (Å²) in [6, 6.07) is 12.5. The number of benzene rings is 2. The van der Waals surface area contributed by atoms with Gasteiger partial charge in [0, 0.05) is 0 Å². The van der Waals surface area contributed by atoms with Crippen molar-refractivity contribution in [3.05, 3.63) is 90.1 Å². The molecule has 0 amide bonds. The smallest absolute Gasteiger partial charge is 0.343 e. The van der Waals surface area contributed by atoms with E-state index in [4.69, 9.17) is 14.2 Å². The van der Waals surface area contributed by atoms with E-state index in [9.17, 15) is 14.4 Å². The zero-order chi connectivity index (χ0) is 29.7. The van der Waals surface area contributed by atoms with Crippen LogP contribution < -0.4 is 24.4 Å². The van der Waals surface area contributed by atoms with E-state index in [1.807, 2.05) is 31.2 Å². The summed E-state index contributed by atoms with van der Waals surface area (Å²) >= 11 is 1.24. The minimum absolute atomic E-state index is 0.209. The Hall–Kier alpha value is -4.18. The first-order valence-electron chi connectivity index (χ1n) is 13.4. The lowest BCUT2D eigenvalue weighted by Crippen LogP contribution is -2.39. The summed E-state index contributed by atoms with van der Waals surface area (Å²) in [5.41, 5.74) is 3.23. The first kappa shape index (κ1) is 29.8. The van der Waals surface area contributed by atoms with E-state index in [0.717, 1.165) is 11.1 Å². The second kappa shape index (κ2) is 13.0. The number of ether oxygens (including phenoxy) is 4. The summed E-state index contributed by atoms with van der Waals surface area (Å²) < 4.78 is 23.3. The van der Waals surface area contributed by atoms with Gasteiger partial charge in [-0.25, -0.2) is 14.6 Å². The molecule has 0 saturated heterocycles. The lowest BCUT2D eigenvalue weighted by atomic mass is 9.93. The fraction of sp³-hybridized carbons (Fsp3) is 0.355. The number of fused-ring (bicyclic) bond motifs is 1. The van der Waals surface area contributed by atoms with Crippen LogP contribution in [0.15, 0.2) is 63.5 Å². The number of rotatable bonds is 10. The molecule has 1 aromatic heterocycles. The predicted octanol–water partition coefficient (Wildman–Crippen LogP) is 3.87. The van der Waals surface area contributed by atoms with Crippen LogP contribution in [-0.2, 0) is 19.1 Å². The van der Waals surface area contributed by atoms with Crippen molar-refractivity contribution >= 4 is 29.4 Å². The summed E-state index contributed by atoms with van der Waals surface area (Å²) in [5.74, 6) is 0.150. The maximum absolute atomic E-state index is 13.9. The zero-order valence-electron chi connectivity index (χ0n) is 24.1. The molecule has 0 N–H and O–H groups in total. The average molecular weight is 579 g/mol. The van der Waals surface area contributed by atoms with Crippen molar-refractivity contribution in [2.24, 2.45) is 4.99 Å². The fourth-order valence-corrected chi connectivity index (χ4v) is 5.57. The van der Waals surface area contributed by atoms with Crippen LogP contribution in [0.1, 0.15) is 63.3 Å². The van der Waals surface area contributed by atoms with Gasteiger partial charge in [-0.2, -0.15) is 0 Å². The SMILES string of the molecule is CCOC(=O)C1=C(C)N=c2sc(=Cc3ccc(OCC(=O)OC)c(OCC)c3)c(=O)n2C1c1ccc(C(C)C)cc1. The van der Waals surface area contributed by atoms with Crippen molar-refractivity contribution in [3.8, 4) is 11.5 Å². The quantitative estimate of drug-likeness (QED) is 0.336. The Balaban J connectivity index is 1.82. The molecule has 1 aliphatic heterocycles. The van der Waals surface area contributed by atoms with Crippen molar-refractivity contribution in [3.63, 3.8) is 0 Å². The van der Waals surface area contributed by atoms with Gasteiger partial charge in [-0.05, 0) is 61.6 Å². The van der Waals surface area contributed by atoms with Gasteiger partial charge in [-0.3, -0.25) is 9.36 Å². The molecule has 41 heavy (non-hydrogen) atoms. The maximum Gasteiger partial charge on any atom is 0.343 e. The summed E-state index contributed by atoms with van der Waals surface area (Å²) in [5, 5.41) is 0. The highest BCUT2D eigenvalue weighted by Crippen LogP contribution is 2.32. The van der Waals surface area contributed by atoms with Crippen LogP contribution in [0.2, 0.25) is 0 Å². The largest absolute Gasteiger partial charge is 0.490 e. The number of allylic oxidation sites excluding steroid dienone is 1. The molecule has 0 spiro atoms. The van der Waals surface area contributed by atoms with Gasteiger partial charge in [0.2, 0.25) is 0 Å². The fourth-order valence-electron chi connectivity index (χ4n) is 4.52. The van der Waals surface area contributed by atoms with Crippen LogP contribution in [0, 0.1) is 0 Å². The van der Waals surface area contributed by atoms with E-state index in [0.29, 0.717) is 50.2 Å². The monoisotopic (exact) mass is 578 g/mol. The predicted molar refractivity (Wildman–Crippen MR) is 156 cm³/mol. The van der Waals surface area contributed by atoms with Crippen LogP contribution in [0.5, 0.6) is 11.5 Å². The van der Waals surface area contributed by atoms with Crippen molar-refractivity contribution < 1.29 is 28.5 Å². The normalized spacial score (nSPS) is 14.9. The molecule has 0 saturated carbocycles. The van der Waals surface area contributed by atoms with E-state index in [1.165, 1.54) is 18.4 Å². The second-order valence-corrected chi connectivity index (χ2v) is 10.6. The number of hydrogen-bond donors (Lipinski definition) is 0. The van der Waals surface area contributed by atoms with E-state index >= 15 is 0 Å². The first-order valence-corrected chi connectivity index (χ1v) is 14.3. The van der Waals surface area contributed by atoms with Crippen molar-refractivity contribution in [2.45, 2.75) is 46.6 Å². The number of thiazole rings is 1. The van der Waals surface area contributed by atoms with Crippen LogP contribution in [0.25, 0.3) is 6.08 Å². The first-order chi connectivity index (χ1) is 19.7. The van der Waals surface area contributed by atoms with Gasteiger partial charge in [-0.15, -0.1) is 0 Å². The average Bonchev–Trinajstić information content (AvgIpc) is 3.25. The number of carbonyl (C=O) groups excluding carboxylic acids is 2. The molecule has 2 heterocycles. The molecule has 3 aromatic rings. The molecule has 216 valence electrons. The Bertz CT molecular complexity index is 1650. The Morgan fingerprint density at radius 3 is 2.41 bits per heavy atom. The Labute approximate surface area is 242 Å². The van der Waals surface area contributed by atoms with Crippen LogP contribution in [-0.4, -0.2) is 43.4 Å². The third kappa shape index (κ3) is 6.43. The Kier molecular flexibility index (Phi) is 9.44. The van der Waals surface area contributed by atoms with E-state index < -0.39 is 18.0 Å². The Morgan fingerprint density at radius 1 is 1.05 bits per heavy atom. The topological polar surface area (TPSA) is 105 Å². The number of aromatic nitrogens is 1. The molecule has 9 nitrogen and oxygen atoms in total. The molecule has 2 aromatic carbocycles. The standard InChI is InChI=1S/C31H34N2O7S/c1-7-38-24-15-20(9-14-23(24)40-17-26(34)37-6)16-25-29(35)33-28(22-12-10-21(11-13-22)18(3)4)27(30(36)39-8-2)19(5)32-31(33)41-25/h9-16,18,28H,7-8,17H2,1-6H3. The van der Waals surface area contributed by atoms with E-state index in [1.54, 1.807) is 42.7 Å². The van der Waals surface area contributed by atoms with Gasteiger partial charge >= 0.3 is 11.9 Å². The molecule has 1 aliphatic rings.